The van der Waals surface area contributed by atoms with Crippen LogP contribution in [0.4, 0.5) is 4.79 Å². The Bertz CT molecular complexity index is 517. The molecular formula is C22H44BN3O5. The molecule has 0 rings (SSSR count). The minimum absolute atomic E-state index is 0.0431. The molecule has 31 heavy (non-hydrogen) atoms. The zero-order chi connectivity index (χ0) is 23.6. The van der Waals surface area contributed by atoms with Gasteiger partial charge < -0.3 is 26.4 Å². The van der Waals surface area contributed by atoms with Gasteiger partial charge in [-0.2, -0.15) is 0 Å². The average molecular weight is 441 g/mol. The maximum Gasteiger partial charge on any atom is 0.475 e. The lowest BCUT2D eigenvalue weighted by Gasteiger charge is -2.23. The number of nitrogens with one attached hydrogen (secondary N) is 2. The largest absolute Gasteiger partial charge is 0.475 e. The van der Waals surface area contributed by atoms with Gasteiger partial charge in [-0.3, -0.25) is 9.59 Å². The molecule has 0 aromatic carbocycles. The molecule has 0 saturated heterocycles. The number of amides is 3. The Kier molecular flexibility index (Phi) is 17.1. The quantitative estimate of drug-likeness (QED) is 0.155. The molecule has 0 aromatic rings. The summed E-state index contributed by atoms with van der Waals surface area (Å²) in [5.41, 5.74) is 5.06. The van der Waals surface area contributed by atoms with Gasteiger partial charge in [0.2, 0.25) is 5.91 Å². The highest BCUT2D eigenvalue weighted by Gasteiger charge is 2.29. The van der Waals surface area contributed by atoms with Crippen LogP contribution in [-0.4, -0.2) is 47.4 Å². The molecule has 0 bridgehead atoms. The van der Waals surface area contributed by atoms with E-state index in [1.54, 1.807) is 0 Å². The fraction of sp³-hybridized carbons (Fsp3) is 0.864. The SMILES string of the molecule is CCCCCCCCCC(=O)C[C@@H](CCCNC(N)=O)C(=O)N[C@@H](CC(C)C)B(O)O. The first-order valence-electron chi connectivity index (χ1n) is 11.9. The van der Waals surface area contributed by atoms with Crippen molar-refractivity contribution in [3.05, 3.63) is 0 Å². The van der Waals surface area contributed by atoms with Crippen molar-refractivity contribution in [1.29, 1.82) is 0 Å². The Morgan fingerprint density at radius 3 is 2.13 bits per heavy atom. The molecule has 180 valence electrons. The van der Waals surface area contributed by atoms with Gasteiger partial charge in [-0.15, -0.1) is 0 Å². The van der Waals surface area contributed by atoms with Crippen molar-refractivity contribution in [2.24, 2.45) is 17.6 Å². The van der Waals surface area contributed by atoms with Crippen molar-refractivity contribution in [1.82, 2.24) is 10.6 Å². The lowest BCUT2D eigenvalue weighted by Crippen LogP contribution is -2.49. The molecule has 8 nitrogen and oxygen atoms in total. The van der Waals surface area contributed by atoms with E-state index < -0.39 is 25.0 Å². The Hall–Kier alpha value is -1.61. The van der Waals surface area contributed by atoms with Crippen molar-refractivity contribution in [3.8, 4) is 0 Å². The molecule has 6 N–H and O–H groups in total. The summed E-state index contributed by atoms with van der Waals surface area (Å²) in [4.78, 5) is 36.1. The van der Waals surface area contributed by atoms with E-state index in [0.717, 1.165) is 19.3 Å². The van der Waals surface area contributed by atoms with Crippen LogP contribution < -0.4 is 16.4 Å². The predicted octanol–water partition coefficient (Wildman–Crippen LogP) is 2.69. The third-order valence-electron chi connectivity index (χ3n) is 5.35. The zero-order valence-corrected chi connectivity index (χ0v) is 19.7. The van der Waals surface area contributed by atoms with Crippen LogP contribution in [0.25, 0.3) is 0 Å². The maximum absolute atomic E-state index is 12.8. The normalized spacial score (nSPS) is 13.0. The fourth-order valence-electron chi connectivity index (χ4n) is 3.61. The van der Waals surface area contributed by atoms with E-state index in [4.69, 9.17) is 5.73 Å². The molecule has 0 aliphatic carbocycles. The molecule has 0 aliphatic rings. The second-order valence-electron chi connectivity index (χ2n) is 8.90. The van der Waals surface area contributed by atoms with Crippen molar-refractivity contribution in [2.45, 2.75) is 104 Å². The number of urea groups is 1. The Balaban J connectivity index is 4.67. The summed E-state index contributed by atoms with van der Waals surface area (Å²) in [6, 6.07) is -0.628. The molecule has 9 heteroatoms. The molecule has 0 heterocycles. The first-order chi connectivity index (χ1) is 14.7. The van der Waals surface area contributed by atoms with Crippen LogP contribution in [0.15, 0.2) is 0 Å². The molecule has 0 saturated carbocycles. The molecule has 0 fully saturated rings. The van der Waals surface area contributed by atoms with Crippen LogP contribution >= 0.6 is 0 Å². The summed E-state index contributed by atoms with van der Waals surface area (Å²) in [5, 5.41) is 24.3. The fourth-order valence-corrected chi connectivity index (χ4v) is 3.61. The van der Waals surface area contributed by atoms with Crippen LogP contribution in [0.5, 0.6) is 0 Å². The van der Waals surface area contributed by atoms with Gasteiger partial charge in [0.1, 0.15) is 5.78 Å². The smallest absolute Gasteiger partial charge is 0.426 e. The van der Waals surface area contributed by atoms with Crippen molar-refractivity contribution < 1.29 is 24.4 Å². The molecule has 0 aliphatic heterocycles. The van der Waals surface area contributed by atoms with Crippen molar-refractivity contribution in [3.63, 3.8) is 0 Å². The van der Waals surface area contributed by atoms with E-state index in [2.05, 4.69) is 17.6 Å². The van der Waals surface area contributed by atoms with Gasteiger partial charge in [-0.25, -0.2) is 4.79 Å². The average Bonchev–Trinajstić information content (AvgIpc) is 2.68. The summed E-state index contributed by atoms with van der Waals surface area (Å²) in [5.74, 6) is -1.49. The monoisotopic (exact) mass is 441 g/mol. The Labute approximate surface area is 188 Å². The molecule has 0 spiro atoms. The van der Waals surface area contributed by atoms with Crippen LogP contribution in [-0.2, 0) is 9.59 Å². The molecule has 2 atom stereocenters. The summed E-state index contributed by atoms with van der Waals surface area (Å²) < 4.78 is 0. The van der Waals surface area contributed by atoms with Crippen LogP contribution in [0.3, 0.4) is 0 Å². The Morgan fingerprint density at radius 1 is 0.968 bits per heavy atom. The van der Waals surface area contributed by atoms with E-state index in [1.807, 2.05) is 13.8 Å². The first kappa shape index (κ1) is 29.4. The van der Waals surface area contributed by atoms with Gasteiger partial charge in [-0.1, -0.05) is 59.3 Å². The summed E-state index contributed by atoms with van der Waals surface area (Å²) >= 11 is 0. The van der Waals surface area contributed by atoms with Gasteiger partial charge in [-0.05, 0) is 31.6 Å². The second kappa shape index (κ2) is 18.0. The number of hydrogen-bond acceptors (Lipinski definition) is 5. The number of rotatable bonds is 19. The number of nitrogens with two attached hydrogens (primary N) is 1. The minimum atomic E-state index is -1.66. The summed E-state index contributed by atoms with van der Waals surface area (Å²) in [6.07, 6.45) is 9.77. The standard InChI is InChI=1S/C22H44BN3O5/c1-4-5-6-7-8-9-10-13-19(27)16-18(12-11-14-25-22(24)29)21(28)26-20(23(30)31)15-17(2)3/h17-18,20,30-31H,4-16H2,1-3H3,(H,26,28)(H3,24,25,29)/t18-,20+/m1/s1. The van der Waals surface area contributed by atoms with E-state index in [0.29, 0.717) is 32.2 Å². The van der Waals surface area contributed by atoms with Crippen LogP contribution in [0, 0.1) is 11.8 Å². The van der Waals surface area contributed by atoms with E-state index in [-0.39, 0.29) is 24.0 Å². The third-order valence-corrected chi connectivity index (χ3v) is 5.35. The van der Waals surface area contributed by atoms with Gasteiger partial charge in [0.25, 0.3) is 0 Å². The Morgan fingerprint density at radius 2 is 1.58 bits per heavy atom. The minimum Gasteiger partial charge on any atom is -0.426 e. The second-order valence-corrected chi connectivity index (χ2v) is 8.90. The van der Waals surface area contributed by atoms with Gasteiger partial charge in [0.15, 0.2) is 0 Å². The van der Waals surface area contributed by atoms with Gasteiger partial charge in [0.05, 0.1) is 5.94 Å². The lowest BCUT2D eigenvalue weighted by atomic mass is 9.74. The lowest BCUT2D eigenvalue weighted by molar-refractivity contribution is -0.130. The highest BCUT2D eigenvalue weighted by molar-refractivity contribution is 6.43. The first-order valence-corrected chi connectivity index (χ1v) is 11.9. The number of carbonyl (C=O) groups excluding carboxylic acids is 3. The van der Waals surface area contributed by atoms with Gasteiger partial charge in [0, 0.05) is 25.3 Å². The highest BCUT2D eigenvalue weighted by Crippen LogP contribution is 2.17. The van der Waals surface area contributed by atoms with Gasteiger partial charge >= 0.3 is 13.1 Å². The van der Waals surface area contributed by atoms with Crippen molar-refractivity contribution >= 4 is 24.8 Å². The number of hydrogen-bond donors (Lipinski definition) is 5. The van der Waals surface area contributed by atoms with Crippen LogP contribution in [0.1, 0.15) is 97.8 Å². The number of carbonyl (C=O) groups is 3. The molecular weight excluding hydrogens is 397 g/mol. The summed E-state index contributed by atoms with van der Waals surface area (Å²) in [7, 11) is -1.66. The van der Waals surface area contributed by atoms with Crippen LogP contribution in [0.2, 0.25) is 0 Å². The van der Waals surface area contributed by atoms with E-state index >= 15 is 0 Å². The molecule has 0 unspecified atom stereocenters. The third kappa shape index (κ3) is 16.7. The molecule has 3 amide bonds. The zero-order valence-electron chi connectivity index (χ0n) is 19.7. The topological polar surface area (TPSA) is 142 Å². The maximum atomic E-state index is 12.8. The number of ketones is 1. The number of Topliss-reactive ketones (excluding diaryl/α,β-unsaturated/α-hetero) is 1. The summed E-state index contributed by atoms with van der Waals surface area (Å²) in [6.45, 7) is 6.37. The highest BCUT2D eigenvalue weighted by atomic mass is 16.4. The van der Waals surface area contributed by atoms with E-state index in [1.165, 1.54) is 25.7 Å². The molecule has 0 aromatic heterocycles. The number of primary amides is 1. The van der Waals surface area contributed by atoms with Crippen molar-refractivity contribution in [2.75, 3.05) is 6.54 Å². The molecule has 0 radical (unpaired) electrons. The predicted molar refractivity (Wildman–Crippen MR) is 124 cm³/mol. The van der Waals surface area contributed by atoms with E-state index in [9.17, 15) is 24.4 Å². The number of unbranched alkanes of at least 4 members (excludes halogenated alkanes) is 6.